The summed E-state index contributed by atoms with van der Waals surface area (Å²) in [6.45, 7) is 0.925. The summed E-state index contributed by atoms with van der Waals surface area (Å²) in [7, 11) is 0. The summed E-state index contributed by atoms with van der Waals surface area (Å²) in [4.78, 5) is 17.1. The lowest BCUT2D eigenvalue weighted by atomic mass is 10.1. The Morgan fingerprint density at radius 2 is 2.22 bits per heavy atom. The van der Waals surface area contributed by atoms with Crippen LogP contribution in [0.25, 0.3) is 10.8 Å². The smallest absolute Gasteiger partial charge is 0.414 e. The normalized spacial score (nSPS) is 15.2. The molecule has 1 aliphatic rings. The van der Waals surface area contributed by atoms with Crippen molar-refractivity contribution in [2.45, 2.75) is 0 Å². The molecule has 2 N–H and O–H groups in total. The number of anilines is 2. The Hall–Kier alpha value is -2.01. The van der Waals surface area contributed by atoms with Crippen LogP contribution in [0, 0.1) is 0 Å². The first-order valence-corrected chi connectivity index (χ1v) is 5.82. The molecule has 1 aromatic heterocycles. The summed E-state index contributed by atoms with van der Waals surface area (Å²) >= 11 is 6.18. The molecule has 6 heteroatoms. The van der Waals surface area contributed by atoms with E-state index in [0.717, 1.165) is 10.8 Å². The number of cyclic esters (lactones) is 1. The van der Waals surface area contributed by atoms with Gasteiger partial charge in [-0.15, -0.1) is 0 Å². The molecule has 18 heavy (non-hydrogen) atoms. The molecule has 5 nitrogen and oxygen atoms in total. The quantitative estimate of drug-likeness (QED) is 0.858. The minimum absolute atomic E-state index is 0.354. The SMILES string of the molecule is Nc1cc2cc(N3CCOC3=O)cc(Cl)c2cn1. The first-order chi connectivity index (χ1) is 8.65. The predicted molar refractivity (Wildman–Crippen MR) is 69.9 cm³/mol. The van der Waals surface area contributed by atoms with Gasteiger partial charge >= 0.3 is 6.09 Å². The molecular weight excluding hydrogens is 254 g/mol. The maximum Gasteiger partial charge on any atom is 0.414 e. The Labute approximate surface area is 108 Å². The average molecular weight is 264 g/mol. The summed E-state index contributed by atoms with van der Waals surface area (Å²) in [5.74, 6) is 0.416. The van der Waals surface area contributed by atoms with E-state index in [1.807, 2.05) is 6.07 Å². The van der Waals surface area contributed by atoms with E-state index in [9.17, 15) is 4.79 Å². The van der Waals surface area contributed by atoms with Crippen LogP contribution < -0.4 is 10.6 Å². The number of benzene rings is 1. The summed E-state index contributed by atoms with van der Waals surface area (Å²) < 4.78 is 4.90. The third-order valence-electron chi connectivity index (χ3n) is 2.86. The summed E-state index contributed by atoms with van der Waals surface area (Å²) in [6.07, 6.45) is 1.27. The van der Waals surface area contributed by atoms with Gasteiger partial charge in [0.25, 0.3) is 0 Å². The van der Waals surface area contributed by atoms with Crippen molar-refractivity contribution in [2.75, 3.05) is 23.8 Å². The van der Waals surface area contributed by atoms with Gasteiger partial charge in [0, 0.05) is 17.3 Å². The summed E-state index contributed by atoms with van der Waals surface area (Å²) in [5.41, 5.74) is 6.35. The van der Waals surface area contributed by atoms with Crippen LogP contribution in [-0.4, -0.2) is 24.2 Å². The number of fused-ring (bicyclic) bond motifs is 1. The van der Waals surface area contributed by atoms with Crippen LogP contribution in [0.2, 0.25) is 5.02 Å². The molecule has 1 aromatic carbocycles. The summed E-state index contributed by atoms with van der Waals surface area (Å²) in [5, 5.41) is 2.20. The molecule has 1 amide bonds. The highest BCUT2D eigenvalue weighted by Gasteiger charge is 2.24. The molecule has 0 saturated carbocycles. The van der Waals surface area contributed by atoms with Crippen LogP contribution in [0.5, 0.6) is 0 Å². The molecule has 3 rings (SSSR count). The van der Waals surface area contributed by atoms with Gasteiger partial charge in [-0.05, 0) is 23.6 Å². The molecule has 0 radical (unpaired) electrons. The molecule has 2 heterocycles. The lowest BCUT2D eigenvalue weighted by Crippen LogP contribution is -2.23. The van der Waals surface area contributed by atoms with Crippen molar-refractivity contribution < 1.29 is 9.53 Å². The number of pyridine rings is 1. The van der Waals surface area contributed by atoms with Crippen LogP contribution in [0.1, 0.15) is 0 Å². The number of halogens is 1. The van der Waals surface area contributed by atoms with Gasteiger partial charge in [-0.3, -0.25) is 4.90 Å². The maximum atomic E-state index is 11.5. The Balaban J connectivity index is 2.16. The minimum Gasteiger partial charge on any atom is -0.447 e. The Kier molecular flexibility index (Phi) is 2.48. The zero-order chi connectivity index (χ0) is 12.7. The van der Waals surface area contributed by atoms with Gasteiger partial charge in [0.2, 0.25) is 0 Å². The van der Waals surface area contributed by atoms with E-state index in [4.69, 9.17) is 22.1 Å². The van der Waals surface area contributed by atoms with Crippen LogP contribution in [0.4, 0.5) is 16.3 Å². The molecule has 0 atom stereocenters. The fraction of sp³-hybridized carbons (Fsp3) is 0.167. The number of nitrogens with zero attached hydrogens (tertiary/aromatic N) is 2. The lowest BCUT2D eigenvalue weighted by Gasteiger charge is -2.14. The van der Waals surface area contributed by atoms with Gasteiger partial charge in [0.1, 0.15) is 12.4 Å². The number of carbonyl (C=O) groups excluding carboxylic acids is 1. The van der Waals surface area contributed by atoms with Crippen LogP contribution in [-0.2, 0) is 4.74 Å². The molecule has 0 bridgehead atoms. The van der Waals surface area contributed by atoms with E-state index >= 15 is 0 Å². The first kappa shape index (κ1) is 11.1. The van der Waals surface area contributed by atoms with E-state index in [0.29, 0.717) is 29.7 Å². The Morgan fingerprint density at radius 3 is 2.94 bits per heavy atom. The lowest BCUT2D eigenvalue weighted by molar-refractivity contribution is 0.181. The van der Waals surface area contributed by atoms with Crippen LogP contribution in [0.3, 0.4) is 0 Å². The topological polar surface area (TPSA) is 68.4 Å². The molecule has 2 aromatic rings. The predicted octanol–water partition coefficient (Wildman–Crippen LogP) is 2.43. The van der Waals surface area contributed by atoms with Crippen molar-refractivity contribution in [2.24, 2.45) is 0 Å². The van der Waals surface area contributed by atoms with E-state index in [1.54, 1.807) is 23.2 Å². The van der Waals surface area contributed by atoms with Crippen molar-refractivity contribution >= 4 is 40.0 Å². The van der Waals surface area contributed by atoms with Crippen LogP contribution >= 0.6 is 11.6 Å². The third-order valence-corrected chi connectivity index (χ3v) is 3.18. The highest BCUT2D eigenvalue weighted by molar-refractivity contribution is 6.36. The molecule has 1 aliphatic heterocycles. The first-order valence-electron chi connectivity index (χ1n) is 5.44. The second-order valence-corrected chi connectivity index (χ2v) is 4.43. The number of ether oxygens (including phenoxy) is 1. The van der Waals surface area contributed by atoms with Crippen molar-refractivity contribution in [3.8, 4) is 0 Å². The Bertz CT molecular complexity index is 645. The minimum atomic E-state index is -0.354. The number of hydrogen-bond acceptors (Lipinski definition) is 4. The van der Waals surface area contributed by atoms with Crippen LogP contribution in [0.15, 0.2) is 24.4 Å². The van der Waals surface area contributed by atoms with Gasteiger partial charge in [-0.1, -0.05) is 11.6 Å². The second-order valence-electron chi connectivity index (χ2n) is 4.02. The number of nitrogens with two attached hydrogens (primary N) is 1. The molecule has 1 fully saturated rings. The number of rotatable bonds is 1. The zero-order valence-corrected chi connectivity index (χ0v) is 10.1. The van der Waals surface area contributed by atoms with Crippen molar-refractivity contribution in [3.05, 3.63) is 29.4 Å². The average Bonchev–Trinajstić information content (AvgIpc) is 2.74. The standard InChI is InChI=1S/C12H10ClN3O2/c13-10-5-8(16-1-2-18-12(16)17)3-7-4-11(14)15-6-9(7)10/h3-6H,1-2H2,(H2,14,15). The fourth-order valence-electron chi connectivity index (χ4n) is 2.00. The van der Waals surface area contributed by atoms with Crippen molar-refractivity contribution in [3.63, 3.8) is 0 Å². The molecule has 0 unspecified atom stereocenters. The van der Waals surface area contributed by atoms with Gasteiger partial charge < -0.3 is 10.5 Å². The van der Waals surface area contributed by atoms with Gasteiger partial charge in [-0.2, -0.15) is 0 Å². The monoisotopic (exact) mass is 263 g/mol. The van der Waals surface area contributed by atoms with Gasteiger partial charge in [0.15, 0.2) is 0 Å². The van der Waals surface area contributed by atoms with Gasteiger partial charge in [0.05, 0.1) is 11.6 Å². The second kappa shape index (κ2) is 4.03. The molecule has 0 aliphatic carbocycles. The maximum absolute atomic E-state index is 11.5. The number of nitrogen functional groups attached to an aromatic ring is 1. The number of aromatic nitrogens is 1. The summed E-state index contributed by atoms with van der Waals surface area (Å²) in [6, 6.07) is 5.31. The van der Waals surface area contributed by atoms with Crippen molar-refractivity contribution in [1.82, 2.24) is 4.98 Å². The molecule has 92 valence electrons. The molecule has 0 spiro atoms. The Morgan fingerprint density at radius 1 is 1.39 bits per heavy atom. The van der Waals surface area contributed by atoms with Crippen molar-refractivity contribution in [1.29, 1.82) is 0 Å². The van der Waals surface area contributed by atoms with E-state index in [-0.39, 0.29) is 6.09 Å². The highest BCUT2D eigenvalue weighted by atomic mass is 35.5. The van der Waals surface area contributed by atoms with E-state index < -0.39 is 0 Å². The van der Waals surface area contributed by atoms with E-state index in [1.165, 1.54) is 0 Å². The zero-order valence-electron chi connectivity index (χ0n) is 9.39. The molecule has 1 saturated heterocycles. The number of hydrogen-bond donors (Lipinski definition) is 1. The van der Waals surface area contributed by atoms with E-state index in [2.05, 4.69) is 4.98 Å². The highest BCUT2D eigenvalue weighted by Crippen LogP contribution is 2.31. The largest absolute Gasteiger partial charge is 0.447 e. The molecular formula is C12H10ClN3O2. The number of carbonyl (C=O) groups is 1. The number of amides is 1. The van der Waals surface area contributed by atoms with Gasteiger partial charge in [-0.25, -0.2) is 9.78 Å². The fourth-order valence-corrected chi connectivity index (χ4v) is 2.27. The third kappa shape index (κ3) is 1.73.